The quantitative estimate of drug-likeness (QED) is 0.742. The van der Waals surface area contributed by atoms with Gasteiger partial charge in [0, 0.05) is 4.90 Å². The third-order valence-electron chi connectivity index (χ3n) is 2.27. The summed E-state index contributed by atoms with van der Waals surface area (Å²) < 4.78 is 24.9. The van der Waals surface area contributed by atoms with Crippen LogP contribution in [0.15, 0.2) is 29.2 Å². The fraction of sp³-hybridized carbons (Fsp3) is 0.250. The fourth-order valence-corrected chi connectivity index (χ4v) is 2.17. The molecular formula is C12H11F2NO5S. The normalized spacial score (nSPS) is 10.4. The molecule has 1 rings (SSSR count). The Labute approximate surface area is 122 Å². The summed E-state index contributed by atoms with van der Waals surface area (Å²) in [4.78, 5) is 34.0. The van der Waals surface area contributed by atoms with Gasteiger partial charge in [0.15, 0.2) is 0 Å². The van der Waals surface area contributed by atoms with E-state index in [1.54, 1.807) is 0 Å². The van der Waals surface area contributed by atoms with E-state index in [9.17, 15) is 23.2 Å². The Kier molecular flexibility index (Phi) is 6.10. The molecule has 0 fully saturated rings. The van der Waals surface area contributed by atoms with Crippen molar-refractivity contribution >= 4 is 29.6 Å². The van der Waals surface area contributed by atoms with Crippen molar-refractivity contribution < 1.29 is 33.4 Å². The molecule has 0 aliphatic carbocycles. The fourth-order valence-electron chi connectivity index (χ4n) is 1.54. The van der Waals surface area contributed by atoms with Gasteiger partial charge < -0.3 is 15.1 Å². The van der Waals surface area contributed by atoms with E-state index in [1.165, 1.54) is 24.3 Å². The number of aliphatic carboxylic acids is 2. The Balaban J connectivity index is 3.07. The van der Waals surface area contributed by atoms with E-state index >= 15 is 0 Å². The van der Waals surface area contributed by atoms with Crippen LogP contribution < -0.4 is 0 Å². The molecule has 0 aliphatic rings. The van der Waals surface area contributed by atoms with Gasteiger partial charge in [0.2, 0.25) is 0 Å². The predicted octanol–water partition coefficient (Wildman–Crippen LogP) is 1.61. The van der Waals surface area contributed by atoms with Crippen molar-refractivity contribution in [1.82, 2.24) is 4.90 Å². The molecule has 6 nitrogen and oxygen atoms in total. The molecule has 0 bridgehead atoms. The molecule has 0 atom stereocenters. The second kappa shape index (κ2) is 7.58. The van der Waals surface area contributed by atoms with Crippen molar-refractivity contribution in [1.29, 1.82) is 0 Å². The Hall–Kier alpha value is -2.16. The Morgan fingerprint density at radius 3 is 2.10 bits per heavy atom. The molecule has 1 aromatic rings. The van der Waals surface area contributed by atoms with Crippen LogP contribution in [0.2, 0.25) is 0 Å². The summed E-state index contributed by atoms with van der Waals surface area (Å²) in [6, 6.07) is 5.39. The zero-order chi connectivity index (χ0) is 16.0. The summed E-state index contributed by atoms with van der Waals surface area (Å²) >= 11 is 0.133. The number of nitrogens with zero attached hydrogens (tertiary/aromatic N) is 1. The van der Waals surface area contributed by atoms with Crippen LogP contribution in [0.5, 0.6) is 0 Å². The van der Waals surface area contributed by atoms with Gasteiger partial charge in [0.05, 0.1) is 5.56 Å². The number of carbonyl (C=O) groups excluding carboxylic acids is 1. The van der Waals surface area contributed by atoms with E-state index in [-0.39, 0.29) is 22.2 Å². The number of carboxylic acid groups (broad SMARTS) is 2. The summed E-state index contributed by atoms with van der Waals surface area (Å²) in [6.45, 7) is -1.67. The van der Waals surface area contributed by atoms with E-state index in [4.69, 9.17) is 10.2 Å². The minimum absolute atomic E-state index is 0.0433. The molecule has 0 unspecified atom stereocenters. The number of rotatable bonds is 7. The highest BCUT2D eigenvalue weighted by atomic mass is 32.2. The van der Waals surface area contributed by atoms with Gasteiger partial charge in [-0.1, -0.05) is 23.9 Å². The molecule has 0 aromatic heterocycles. The van der Waals surface area contributed by atoms with Crippen LogP contribution in [-0.2, 0) is 9.59 Å². The third-order valence-corrected chi connectivity index (χ3v) is 3.06. The average Bonchev–Trinajstić information content (AvgIpc) is 2.36. The highest BCUT2D eigenvalue weighted by molar-refractivity contribution is 7.99. The number of halogens is 2. The van der Waals surface area contributed by atoms with Gasteiger partial charge in [-0.2, -0.15) is 8.78 Å². The second-order valence-electron chi connectivity index (χ2n) is 3.82. The number of carboxylic acids is 2. The van der Waals surface area contributed by atoms with Crippen molar-refractivity contribution in [2.24, 2.45) is 0 Å². The van der Waals surface area contributed by atoms with Crippen LogP contribution in [0.4, 0.5) is 8.78 Å². The Morgan fingerprint density at radius 1 is 1.10 bits per heavy atom. The van der Waals surface area contributed by atoms with E-state index in [0.29, 0.717) is 4.90 Å². The zero-order valence-corrected chi connectivity index (χ0v) is 11.3. The maximum atomic E-state index is 12.4. The standard InChI is InChI=1S/C12H11F2NO5S/c13-12(14)21-8-4-2-1-3-7(8)11(20)15(5-9(16)17)6-10(18)19/h1-4,12H,5-6H2,(H,16,17)(H,18,19). The second-order valence-corrected chi connectivity index (χ2v) is 4.86. The molecule has 0 saturated carbocycles. The lowest BCUT2D eigenvalue weighted by atomic mass is 10.2. The molecule has 0 saturated heterocycles. The first-order chi connectivity index (χ1) is 9.81. The van der Waals surface area contributed by atoms with Gasteiger partial charge in [-0.25, -0.2) is 0 Å². The maximum absolute atomic E-state index is 12.4. The lowest BCUT2D eigenvalue weighted by molar-refractivity contribution is -0.140. The summed E-state index contributed by atoms with van der Waals surface area (Å²) in [6.07, 6.45) is 0. The van der Waals surface area contributed by atoms with Gasteiger partial charge in [-0.05, 0) is 12.1 Å². The lowest BCUT2D eigenvalue weighted by Crippen LogP contribution is -2.39. The maximum Gasteiger partial charge on any atom is 0.323 e. The van der Waals surface area contributed by atoms with Crippen molar-refractivity contribution in [2.75, 3.05) is 13.1 Å². The van der Waals surface area contributed by atoms with Gasteiger partial charge in [-0.3, -0.25) is 14.4 Å². The molecular weight excluding hydrogens is 308 g/mol. The van der Waals surface area contributed by atoms with E-state index < -0.39 is 36.7 Å². The number of thioether (sulfide) groups is 1. The minimum Gasteiger partial charge on any atom is -0.480 e. The predicted molar refractivity (Wildman–Crippen MR) is 69.5 cm³/mol. The van der Waals surface area contributed by atoms with Gasteiger partial charge >= 0.3 is 11.9 Å². The molecule has 9 heteroatoms. The summed E-state index contributed by atoms with van der Waals surface area (Å²) in [5.41, 5.74) is -0.162. The molecule has 114 valence electrons. The Morgan fingerprint density at radius 2 is 1.62 bits per heavy atom. The number of hydrogen-bond donors (Lipinski definition) is 2. The van der Waals surface area contributed by atoms with E-state index in [0.717, 1.165) is 0 Å². The monoisotopic (exact) mass is 319 g/mol. The largest absolute Gasteiger partial charge is 0.480 e. The number of amides is 1. The number of alkyl halides is 2. The van der Waals surface area contributed by atoms with Crippen molar-refractivity contribution in [3.8, 4) is 0 Å². The molecule has 21 heavy (non-hydrogen) atoms. The highest BCUT2D eigenvalue weighted by Crippen LogP contribution is 2.29. The number of benzene rings is 1. The first-order valence-electron chi connectivity index (χ1n) is 5.58. The molecule has 1 aromatic carbocycles. The first-order valence-corrected chi connectivity index (χ1v) is 6.46. The van der Waals surface area contributed by atoms with Crippen molar-refractivity contribution in [3.05, 3.63) is 29.8 Å². The van der Waals surface area contributed by atoms with Crippen molar-refractivity contribution in [3.63, 3.8) is 0 Å². The summed E-state index contributed by atoms with van der Waals surface area (Å²) in [7, 11) is 0. The molecule has 0 spiro atoms. The number of carbonyl (C=O) groups is 3. The van der Waals surface area contributed by atoms with Crippen LogP contribution in [-0.4, -0.2) is 51.8 Å². The molecule has 0 radical (unpaired) electrons. The Bertz CT molecular complexity index is 536. The van der Waals surface area contributed by atoms with Crippen LogP contribution in [0.1, 0.15) is 10.4 Å². The van der Waals surface area contributed by atoms with E-state index in [2.05, 4.69) is 0 Å². The third kappa shape index (κ3) is 5.38. The number of hydrogen-bond acceptors (Lipinski definition) is 4. The SMILES string of the molecule is O=C(O)CN(CC(=O)O)C(=O)c1ccccc1SC(F)F. The van der Waals surface area contributed by atoms with Gasteiger partial charge in [0.1, 0.15) is 13.1 Å². The van der Waals surface area contributed by atoms with Gasteiger partial charge in [0.25, 0.3) is 11.7 Å². The topological polar surface area (TPSA) is 94.9 Å². The van der Waals surface area contributed by atoms with Crippen molar-refractivity contribution in [2.45, 2.75) is 10.7 Å². The van der Waals surface area contributed by atoms with Crippen LogP contribution in [0.3, 0.4) is 0 Å². The summed E-state index contributed by atoms with van der Waals surface area (Å²) in [5.74, 6) is -6.48. The van der Waals surface area contributed by atoms with E-state index in [1.807, 2.05) is 0 Å². The van der Waals surface area contributed by atoms with Crippen LogP contribution >= 0.6 is 11.8 Å². The summed E-state index contributed by atoms with van der Waals surface area (Å²) in [5, 5.41) is 17.4. The van der Waals surface area contributed by atoms with Crippen LogP contribution in [0.25, 0.3) is 0 Å². The highest BCUT2D eigenvalue weighted by Gasteiger charge is 2.24. The molecule has 2 N–H and O–H groups in total. The minimum atomic E-state index is -2.76. The molecule has 1 amide bonds. The van der Waals surface area contributed by atoms with Crippen LogP contribution in [0, 0.1) is 0 Å². The first kappa shape index (κ1) is 16.9. The lowest BCUT2D eigenvalue weighted by Gasteiger charge is -2.19. The zero-order valence-electron chi connectivity index (χ0n) is 10.5. The van der Waals surface area contributed by atoms with Gasteiger partial charge in [-0.15, -0.1) is 0 Å². The smallest absolute Gasteiger partial charge is 0.323 e. The molecule has 0 heterocycles. The average molecular weight is 319 g/mol. The molecule has 0 aliphatic heterocycles.